The zero-order valence-corrected chi connectivity index (χ0v) is 18.2. The molecular formula is C21H27F3N2O4S. The Balaban J connectivity index is 1.42. The number of rotatable bonds is 6. The molecule has 1 amide bonds. The lowest BCUT2D eigenvalue weighted by molar-refractivity contribution is -0.274. The van der Waals surface area contributed by atoms with Crippen molar-refractivity contribution in [1.29, 1.82) is 0 Å². The van der Waals surface area contributed by atoms with E-state index < -0.39 is 33.6 Å². The van der Waals surface area contributed by atoms with Gasteiger partial charge in [0, 0.05) is 6.04 Å². The van der Waals surface area contributed by atoms with Crippen molar-refractivity contribution >= 4 is 15.9 Å². The van der Waals surface area contributed by atoms with E-state index in [1.165, 1.54) is 20.3 Å². The summed E-state index contributed by atoms with van der Waals surface area (Å²) < 4.78 is 68.5. The zero-order chi connectivity index (χ0) is 22.6. The molecule has 4 saturated carbocycles. The van der Waals surface area contributed by atoms with E-state index in [1.54, 1.807) is 0 Å². The highest BCUT2D eigenvalue weighted by molar-refractivity contribution is 7.89. The van der Waals surface area contributed by atoms with Crippen LogP contribution in [0, 0.1) is 23.7 Å². The van der Waals surface area contributed by atoms with Gasteiger partial charge in [-0.05, 0) is 93.9 Å². The van der Waals surface area contributed by atoms with Crippen LogP contribution in [-0.2, 0) is 14.8 Å². The van der Waals surface area contributed by atoms with Crippen molar-refractivity contribution in [3.63, 3.8) is 0 Å². The Kier molecular flexibility index (Phi) is 5.53. The second-order valence-corrected chi connectivity index (χ2v) is 11.4. The number of amides is 1. The lowest BCUT2D eigenvalue weighted by Crippen LogP contribution is -2.62. The number of alkyl halides is 3. The highest BCUT2D eigenvalue weighted by Crippen LogP contribution is 2.53. The second kappa shape index (κ2) is 7.65. The number of sulfonamides is 1. The molecule has 0 spiro atoms. The molecule has 0 atom stereocenters. The molecule has 0 unspecified atom stereocenters. The Morgan fingerprint density at radius 1 is 0.968 bits per heavy atom. The van der Waals surface area contributed by atoms with E-state index in [2.05, 4.69) is 14.8 Å². The molecule has 4 aliphatic carbocycles. The van der Waals surface area contributed by atoms with Gasteiger partial charge in [-0.15, -0.1) is 13.2 Å². The minimum atomic E-state index is -4.86. The first-order valence-electron chi connectivity index (χ1n) is 10.5. The van der Waals surface area contributed by atoms with Crippen LogP contribution in [0.15, 0.2) is 29.2 Å². The summed E-state index contributed by atoms with van der Waals surface area (Å²) in [7, 11) is -4.13. The average molecular weight is 461 g/mol. The van der Waals surface area contributed by atoms with Gasteiger partial charge in [0.25, 0.3) is 0 Å². The van der Waals surface area contributed by atoms with Gasteiger partial charge in [-0.25, -0.2) is 8.42 Å². The van der Waals surface area contributed by atoms with Crippen molar-refractivity contribution in [2.24, 2.45) is 23.7 Å². The van der Waals surface area contributed by atoms with E-state index in [-0.39, 0.29) is 10.9 Å². The number of ether oxygens (including phenoxy) is 1. The third kappa shape index (κ3) is 4.84. The van der Waals surface area contributed by atoms with Gasteiger partial charge in [-0.2, -0.15) is 4.72 Å². The predicted molar refractivity (Wildman–Crippen MR) is 107 cm³/mol. The van der Waals surface area contributed by atoms with Gasteiger partial charge in [0.1, 0.15) is 11.3 Å². The second-order valence-electron chi connectivity index (χ2n) is 9.68. The molecule has 4 aliphatic rings. The van der Waals surface area contributed by atoms with Crippen molar-refractivity contribution in [3.8, 4) is 5.75 Å². The summed E-state index contributed by atoms with van der Waals surface area (Å²) in [4.78, 5) is 12.7. The standard InChI is InChI=1S/C21H27F3N2O4S/c1-20(2,19(27)25-18-14-8-12-7-13(10-14)11-15(18)9-12)26-31(28,29)17-5-3-16(4-6-17)30-21(22,23)24/h3-6,12-15,18,26H,7-11H2,1-2H3,(H,25,27). The summed E-state index contributed by atoms with van der Waals surface area (Å²) in [6.45, 7) is 2.97. The smallest absolute Gasteiger partial charge is 0.406 e. The molecule has 5 rings (SSSR count). The minimum absolute atomic E-state index is 0.0721. The number of benzene rings is 1. The number of nitrogens with one attached hydrogen (secondary N) is 2. The van der Waals surface area contributed by atoms with Crippen LogP contribution in [0.4, 0.5) is 13.2 Å². The lowest BCUT2D eigenvalue weighted by atomic mass is 9.54. The molecule has 0 saturated heterocycles. The molecule has 2 N–H and O–H groups in total. The van der Waals surface area contributed by atoms with Gasteiger partial charge >= 0.3 is 6.36 Å². The number of hydrogen-bond acceptors (Lipinski definition) is 4. The molecule has 0 radical (unpaired) electrons. The van der Waals surface area contributed by atoms with Crippen molar-refractivity contribution in [1.82, 2.24) is 10.0 Å². The van der Waals surface area contributed by atoms with Crippen LogP contribution in [-0.4, -0.2) is 32.3 Å². The maximum Gasteiger partial charge on any atom is 0.573 e. The Morgan fingerprint density at radius 2 is 1.48 bits per heavy atom. The summed E-state index contributed by atoms with van der Waals surface area (Å²) in [6, 6.07) is 3.93. The van der Waals surface area contributed by atoms with Gasteiger partial charge in [0.2, 0.25) is 15.9 Å². The zero-order valence-electron chi connectivity index (χ0n) is 17.4. The highest BCUT2D eigenvalue weighted by Gasteiger charge is 2.49. The number of hydrogen-bond donors (Lipinski definition) is 2. The molecule has 1 aromatic carbocycles. The number of carbonyl (C=O) groups excluding carboxylic acids is 1. The lowest BCUT2D eigenvalue weighted by Gasteiger charge is -2.54. The van der Waals surface area contributed by atoms with Gasteiger partial charge in [0.15, 0.2) is 0 Å². The molecule has 10 heteroatoms. The first-order valence-corrected chi connectivity index (χ1v) is 12.0. The molecule has 0 heterocycles. The Labute approximate surface area is 180 Å². The van der Waals surface area contributed by atoms with Gasteiger partial charge in [-0.1, -0.05) is 0 Å². The predicted octanol–water partition coefficient (Wildman–Crippen LogP) is 3.58. The largest absolute Gasteiger partial charge is 0.573 e. The Morgan fingerprint density at radius 3 is 1.97 bits per heavy atom. The summed E-state index contributed by atoms with van der Waals surface area (Å²) in [6.07, 6.45) is 0.919. The third-order valence-electron chi connectivity index (χ3n) is 6.85. The molecule has 4 bridgehead atoms. The quantitative estimate of drug-likeness (QED) is 0.680. The normalized spacial score (nSPS) is 30.3. The monoisotopic (exact) mass is 460 g/mol. The molecule has 0 aromatic heterocycles. The van der Waals surface area contributed by atoms with Crippen molar-refractivity contribution < 1.29 is 31.1 Å². The van der Waals surface area contributed by atoms with E-state index in [9.17, 15) is 26.4 Å². The Bertz CT molecular complexity index is 916. The SMILES string of the molecule is CC(C)(NS(=O)(=O)c1ccc(OC(F)(F)F)cc1)C(=O)NC1C2CC3CC(C2)CC1C3. The van der Waals surface area contributed by atoms with Crippen LogP contribution in [0.1, 0.15) is 46.0 Å². The first kappa shape index (κ1) is 22.4. The fourth-order valence-electron chi connectivity index (χ4n) is 5.75. The van der Waals surface area contributed by atoms with Gasteiger partial charge in [0.05, 0.1) is 4.90 Å². The third-order valence-corrected chi connectivity index (χ3v) is 8.52. The van der Waals surface area contributed by atoms with E-state index in [4.69, 9.17) is 0 Å². The van der Waals surface area contributed by atoms with Crippen LogP contribution >= 0.6 is 0 Å². The van der Waals surface area contributed by atoms with Crippen LogP contribution < -0.4 is 14.8 Å². The molecule has 31 heavy (non-hydrogen) atoms. The summed E-state index contributed by atoms with van der Waals surface area (Å²) in [5.74, 6) is 1.50. The fraction of sp³-hybridized carbons (Fsp3) is 0.667. The fourth-order valence-corrected chi connectivity index (χ4v) is 7.13. The average Bonchev–Trinajstić information content (AvgIpc) is 2.62. The summed E-state index contributed by atoms with van der Waals surface area (Å²) >= 11 is 0. The molecule has 6 nitrogen and oxygen atoms in total. The van der Waals surface area contributed by atoms with Crippen molar-refractivity contribution in [2.75, 3.05) is 0 Å². The topological polar surface area (TPSA) is 84.5 Å². The minimum Gasteiger partial charge on any atom is -0.406 e. The molecular weight excluding hydrogens is 433 g/mol. The maximum absolute atomic E-state index is 13.0. The molecule has 4 fully saturated rings. The van der Waals surface area contributed by atoms with Crippen molar-refractivity contribution in [3.05, 3.63) is 24.3 Å². The van der Waals surface area contributed by atoms with Gasteiger partial charge in [-0.3, -0.25) is 4.79 Å². The maximum atomic E-state index is 13.0. The van der Waals surface area contributed by atoms with Crippen LogP contribution in [0.5, 0.6) is 5.75 Å². The molecule has 1 aromatic rings. The summed E-state index contributed by atoms with van der Waals surface area (Å²) in [5.41, 5.74) is -1.42. The van der Waals surface area contributed by atoms with Crippen LogP contribution in [0.25, 0.3) is 0 Å². The van der Waals surface area contributed by atoms with Gasteiger partial charge < -0.3 is 10.1 Å². The van der Waals surface area contributed by atoms with E-state index in [0.717, 1.165) is 61.8 Å². The Hall–Kier alpha value is -1.81. The van der Waals surface area contributed by atoms with E-state index in [1.807, 2.05) is 0 Å². The highest BCUT2D eigenvalue weighted by atomic mass is 32.2. The first-order chi connectivity index (χ1) is 14.3. The summed E-state index contributed by atoms with van der Waals surface area (Å²) in [5, 5.41) is 3.10. The molecule has 172 valence electrons. The van der Waals surface area contributed by atoms with Crippen LogP contribution in [0.2, 0.25) is 0 Å². The molecule has 0 aliphatic heterocycles. The number of halogens is 3. The van der Waals surface area contributed by atoms with Crippen LogP contribution in [0.3, 0.4) is 0 Å². The number of carbonyl (C=O) groups is 1. The van der Waals surface area contributed by atoms with E-state index in [0.29, 0.717) is 11.8 Å². The van der Waals surface area contributed by atoms with Crippen molar-refractivity contribution in [2.45, 2.75) is 68.8 Å². The van der Waals surface area contributed by atoms with E-state index >= 15 is 0 Å².